The highest BCUT2D eigenvalue weighted by molar-refractivity contribution is 6.74. The van der Waals surface area contributed by atoms with Crippen molar-refractivity contribution >= 4 is 28.6 Å². The number of fused-ring (bicyclic) bond motifs is 1. The normalized spacial score (nSPS) is 29.1. The Bertz CT molecular complexity index is 1170. The number of carbonyl (C=O) groups excluding carboxylic acids is 2. The number of allylic oxidation sites excluding steroid dienone is 3. The first-order chi connectivity index (χ1) is 21.6. The lowest BCUT2D eigenvalue weighted by Crippen LogP contribution is -2.49. The van der Waals surface area contributed by atoms with Gasteiger partial charge in [0.05, 0.1) is 24.0 Å². The first-order valence-corrected chi connectivity index (χ1v) is 24.2. The molecular formula is C39H68O6Si2. The average molecular weight is 689 g/mol. The Morgan fingerprint density at radius 1 is 0.979 bits per heavy atom. The minimum Gasteiger partial charge on any atom is -0.462 e. The third kappa shape index (κ3) is 9.40. The van der Waals surface area contributed by atoms with E-state index in [-0.39, 0.29) is 58.3 Å². The van der Waals surface area contributed by atoms with Gasteiger partial charge in [-0.05, 0) is 85.8 Å². The molecule has 0 spiro atoms. The molecule has 7 atom stereocenters. The summed E-state index contributed by atoms with van der Waals surface area (Å²) in [4.78, 5) is 26.8. The summed E-state index contributed by atoms with van der Waals surface area (Å²) in [6.45, 7) is 33.0. The summed E-state index contributed by atoms with van der Waals surface area (Å²) in [5, 5.41) is 0.149. The Morgan fingerprint density at radius 2 is 1.57 bits per heavy atom. The van der Waals surface area contributed by atoms with Crippen molar-refractivity contribution in [2.24, 2.45) is 23.2 Å². The minimum atomic E-state index is -2.07. The van der Waals surface area contributed by atoms with Crippen molar-refractivity contribution in [2.45, 2.75) is 174 Å². The Morgan fingerprint density at radius 3 is 2.13 bits per heavy atom. The lowest BCUT2D eigenvalue weighted by Gasteiger charge is -2.47. The van der Waals surface area contributed by atoms with Gasteiger partial charge in [-0.25, -0.2) is 0 Å². The van der Waals surface area contributed by atoms with E-state index in [4.69, 9.17) is 18.3 Å². The molecule has 8 heteroatoms. The number of carbonyl (C=O) groups is 2. The van der Waals surface area contributed by atoms with E-state index < -0.39 is 22.0 Å². The summed E-state index contributed by atoms with van der Waals surface area (Å²) in [5.74, 6) is 0.328. The van der Waals surface area contributed by atoms with Crippen molar-refractivity contribution in [1.82, 2.24) is 0 Å². The molecule has 6 nitrogen and oxygen atoms in total. The summed E-state index contributed by atoms with van der Waals surface area (Å²) >= 11 is 0. The molecule has 0 unspecified atom stereocenters. The van der Waals surface area contributed by atoms with Crippen LogP contribution in [-0.2, 0) is 27.9 Å². The Labute approximate surface area is 289 Å². The quantitative estimate of drug-likeness (QED) is 0.109. The highest BCUT2D eigenvalue weighted by Gasteiger charge is 2.48. The van der Waals surface area contributed by atoms with Gasteiger partial charge in [-0.3, -0.25) is 9.59 Å². The maximum atomic E-state index is 14.1. The van der Waals surface area contributed by atoms with E-state index >= 15 is 0 Å². The summed E-state index contributed by atoms with van der Waals surface area (Å²) in [6, 6.07) is 0. The second-order valence-electron chi connectivity index (χ2n) is 17.8. The number of hydrogen-bond donors (Lipinski definition) is 0. The molecular weight excluding hydrogens is 621 g/mol. The van der Waals surface area contributed by atoms with E-state index in [2.05, 4.69) is 113 Å². The Balaban J connectivity index is 1.90. The second-order valence-corrected chi connectivity index (χ2v) is 27.3. The van der Waals surface area contributed by atoms with Gasteiger partial charge in [0.25, 0.3) is 0 Å². The number of cyclic esters (lactones) is 1. The van der Waals surface area contributed by atoms with Gasteiger partial charge >= 0.3 is 11.9 Å². The third-order valence-electron chi connectivity index (χ3n) is 12.5. The van der Waals surface area contributed by atoms with Crippen LogP contribution in [0, 0.1) is 23.2 Å². The standard InChI is InChI=1S/C39H68O6Si2/c1-15-22-39(16-2,17-3)36(41)43-33-25-30(44-46(11,12)37(5,6)7)23-28-19-18-27(4)32(35(28)33)21-20-29-24-31(26-34(40)42-29)45-47(13,14)38(8,9)10/h15,18-19,23,27,29-33,35H,1,16-17,20-22,24-26H2,2-14H3/t27-,29+,30+,31+,32-,33-,35-/m0/s1. The van der Waals surface area contributed by atoms with E-state index in [1.807, 2.05) is 6.08 Å². The van der Waals surface area contributed by atoms with Crippen molar-refractivity contribution in [3.05, 3.63) is 36.5 Å². The average Bonchev–Trinajstić information content (AvgIpc) is 2.93. The van der Waals surface area contributed by atoms with Gasteiger partial charge in [0.2, 0.25) is 0 Å². The fraction of sp³-hybridized carbons (Fsp3) is 0.795. The fourth-order valence-electron chi connectivity index (χ4n) is 7.14. The number of rotatable bonds is 13. The minimum absolute atomic E-state index is 0.0620. The van der Waals surface area contributed by atoms with Crippen molar-refractivity contribution in [3.8, 4) is 0 Å². The molecule has 0 amide bonds. The molecule has 0 aromatic carbocycles. The highest BCUT2D eigenvalue weighted by Crippen LogP contribution is 2.47. The molecule has 0 aromatic rings. The molecule has 3 rings (SSSR count). The summed E-state index contributed by atoms with van der Waals surface area (Å²) in [6.07, 6.45) is 13.4. The fourth-order valence-corrected chi connectivity index (χ4v) is 9.78. The Kier molecular flexibility index (Phi) is 12.9. The van der Waals surface area contributed by atoms with Crippen LogP contribution in [0.25, 0.3) is 0 Å². The van der Waals surface area contributed by atoms with E-state index in [1.54, 1.807) is 0 Å². The van der Waals surface area contributed by atoms with Crippen LogP contribution < -0.4 is 0 Å². The number of esters is 2. The molecule has 1 fully saturated rings. The molecule has 0 aromatic heterocycles. The van der Waals surface area contributed by atoms with Crippen LogP contribution in [0.4, 0.5) is 0 Å². The zero-order valence-corrected chi connectivity index (χ0v) is 34.2. The summed E-state index contributed by atoms with van der Waals surface area (Å²) in [7, 11) is -4.09. The van der Waals surface area contributed by atoms with Gasteiger partial charge in [-0.15, -0.1) is 6.58 Å². The molecule has 2 aliphatic carbocycles. The topological polar surface area (TPSA) is 71.1 Å². The lowest BCUT2D eigenvalue weighted by atomic mass is 9.66. The first kappa shape index (κ1) is 39.9. The zero-order valence-electron chi connectivity index (χ0n) is 32.2. The van der Waals surface area contributed by atoms with E-state index in [0.29, 0.717) is 38.0 Å². The second kappa shape index (κ2) is 15.2. The zero-order chi connectivity index (χ0) is 35.6. The molecule has 47 heavy (non-hydrogen) atoms. The van der Waals surface area contributed by atoms with Gasteiger partial charge in [0, 0.05) is 18.8 Å². The maximum Gasteiger partial charge on any atom is 0.312 e. The molecule has 0 bridgehead atoms. The van der Waals surface area contributed by atoms with Gasteiger partial charge in [-0.1, -0.05) is 86.6 Å². The van der Waals surface area contributed by atoms with E-state index in [9.17, 15) is 9.59 Å². The molecule has 0 saturated carbocycles. The summed E-state index contributed by atoms with van der Waals surface area (Å²) in [5.41, 5.74) is 0.642. The maximum absolute atomic E-state index is 14.1. The van der Waals surface area contributed by atoms with E-state index in [1.165, 1.54) is 5.57 Å². The Hall–Kier alpha value is -1.49. The molecule has 268 valence electrons. The van der Waals surface area contributed by atoms with Crippen LogP contribution in [0.15, 0.2) is 36.5 Å². The predicted molar refractivity (Wildman–Crippen MR) is 198 cm³/mol. The number of ether oxygens (including phenoxy) is 2. The van der Waals surface area contributed by atoms with Crippen molar-refractivity contribution < 1.29 is 27.9 Å². The highest BCUT2D eigenvalue weighted by atomic mass is 28.4. The van der Waals surface area contributed by atoms with Gasteiger partial charge in [0.15, 0.2) is 16.6 Å². The van der Waals surface area contributed by atoms with Crippen LogP contribution in [0.3, 0.4) is 0 Å². The van der Waals surface area contributed by atoms with Gasteiger partial charge in [-0.2, -0.15) is 0 Å². The van der Waals surface area contributed by atoms with E-state index in [0.717, 1.165) is 19.3 Å². The largest absolute Gasteiger partial charge is 0.462 e. The first-order valence-electron chi connectivity index (χ1n) is 18.4. The molecule has 1 aliphatic heterocycles. The van der Waals surface area contributed by atoms with Crippen molar-refractivity contribution in [3.63, 3.8) is 0 Å². The smallest absolute Gasteiger partial charge is 0.312 e. The van der Waals surface area contributed by atoms with Gasteiger partial charge in [0.1, 0.15) is 12.2 Å². The number of hydrogen-bond acceptors (Lipinski definition) is 6. The van der Waals surface area contributed by atoms with Crippen molar-refractivity contribution in [2.75, 3.05) is 0 Å². The molecule has 0 radical (unpaired) electrons. The summed E-state index contributed by atoms with van der Waals surface area (Å²) < 4.78 is 26.2. The van der Waals surface area contributed by atoms with Crippen molar-refractivity contribution in [1.29, 1.82) is 0 Å². The van der Waals surface area contributed by atoms with Crippen LogP contribution in [0.5, 0.6) is 0 Å². The van der Waals surface area contributed by atoms with Crippen LogP contribution >= 0.6 is 0 Å². The third-order valence-corrected chi connectivity index (χ3v) is 21.5. The van der Waals surface area contributed by atoms with Crippen LogP contribution in [0.1, 0.15) is 114 Å². The predicted octanol–water partition coefficient (Wildman–Crippen LogP) is 10.3. The monoisotopic (exact) mass is 688 g/mol. The van der Waals surface area contributed by atoms with Crippen LogP contribution in [-0.4, -0.2) is 53.0 Å². The lowest BCUT2D eigenvalue weighted by molar-refractivity contribution is -0.168. The molecule has 3 aliphatic rings. The molecule has 1 heterocycles. The van der Waals surface area contributed by atoms with Gasteiger partial charge < -0.3 is 18.3 Å². The molecule has 0 N–H and O–H groups in total. The molecule has 1 saturated heterocycles. The SMILES string of the molecule is C=CCC(CC)(CC)C(=O)O[C@H]1C[C@H](O[Si](C)(C)C(C)(C)C)C=C2C=C[C@H](C)[C@H](CC[C@@H]3C[C@@H](O[Si](C)(C)C(C)(C)C)CC(=O)O3)[C@H]21. The van der Waals surface area contributed by atoms with Crippen LogP contribution in [0.2, 0.25) is 36.3 Å².